The second-order valence-electron chi connectivity index (χ2n) is 4.23. The van der Waals surface area contributed by atoms with E-state index < -0.39 is 0 Å². The number of hydrogen-bond acceptors (Lipinski definition) is 1. The Bertz CT molecular complexity index is 123. The summed E-state index contributed by atoms with van der Waals surface area (Å²) < 4.78 is 0. The van der Waals surface area contributed by atoms with E-state index in [4.69, 9.17) is 0 Å². The molecule has 0 amide bonds. The average molecular weight is 169 g/mol. The number of rotatable bonds is 5. The lowest BCUT2D eigenvalue weighted by Gasteiger charge is -2.45. The van der Waals surface area contributed by atoms with Gasteiger partial charge in [0.25, 0.3) is 0 Å². The van der Waals surface area contributed by atoms with E-state index >= 15 is 0 Å². The summed E-state index contributed by atoms with van der Waals surface area (Å²) in [5, 5.41) is 3.36. The highest BCUT2D eigenvalue weighted by atomic mass is 14.8. The van der Waals surface area contributed by atoms with E-state index in [1.54, 1.807) is 0 Å². The Kier molecular flexibility index (Phi) is 3.57. The molecule has 12 heavy (non-hydrogen) atoms. The Morgan fingerprint density at radius 1 is 1.25 bits per heavy atom. The normalized spacial score (nSPS) is 19.2. The Balaban J connectivity index is 2.54. The van der Waals surface area contributed by atoms with Crippen molar-refractivity contribution in [1.29, 1.82) is 0 Å². The van der Waals surface area contributed by atoms with Gasteiger partial charge in [-0.2, -0.15) is 0 Å². The molecule has 1 rings (SSSR count). The van der Waals surface area contributed by atoms with Crippen LogP contribution in [0.25, 0.3) is 0 Å². The molecule has 0 heterocycles. The van der Waals surface area contributed by atoms with Gasteiger partial charge in [0.05, 0.1) is 0 Å². The van der Waals surface area contributed by atoms with E-state index in [0.717, 1.165) is 5.92 Å². The van der Waals surface area contributed by atoms with E-state index in [1.807, 2.05) is 0 Å². The van der Waals surface area contributed by atoms with Crippen molar-refractivity contribution in [2.45, 2.75) is 46.0 Å². The first-order valence-electron chi connectivity index (χ1n) is 5.43. The third-order valence-electron chi connectivity index (χ3n) is 3.91. The molecular formula is C11H23N. The molecule has 0 atom stereocenters. The Morgan fingerprint density at radius 2 is 1.83 bits per heavy atom. The summed E-state index contributed by atoms with van der Waals surface area (Å²) in [7, 11) is 2.08. The SMILES string of the molecule is CCC(CC)(CNC)C1CCC1. The van der Waals surface area contributed by atoms with E-state index in [1.165, 1.54) is 38.6 Å². The largest absolute Gasteiger partial charge is 0.319 e. The zero-order valence-corrected chi connectivity index (χ0v) is 8.82. The maximum Gasteiger partial charge on any atom is 0.000725 e. The van der Waals surface area contributed by atoms with Gasteiger partial charge < -0.3 is 5.32 Å². The molecule has 0 aromatic carbocycles. The quantitative estimate of drug-likeness (QED) is 0.667. The first-order valence-corrected chi connectivity index (χ1v) is 5.43. The fourth-order valence-electron chi connectivity index (χ4n) is 2.59. The van der Waals surface area contributed by atoms with Crippen LogP contribution in [0.5, 0.6) is 0 Å². The first kappa shape index (κ1) is 10.0. The lowest BCUT2D eigenvalue weighted by molar-refractivity contribution is 0.0735. The van der Waals surface area contributed by atoms with Crippen LogP contribution in [0.15, 0.2) is 0 Å². The van der Waals surface area contributed by atoms with Crippen molar-refractivity contribution in [2.75, 3.05) is 13.6 Å². The third kappa shape index (κ3) is 1.66. The van der Waals surface area contributed by atoms with Gasteiger partial charge in [-0.25, -0.2) is 0 Å². The van der Waals surface area contributed by atoms with Crippen molar-refractivity contribution < 1.29 is 0 Å². The summed E-state index contributed by atoms with van der Waals surface area (Å²) in [5.74, 6) is 1.01. The maximum atomic E-state index is 3.36. The van der Waals surface area contributed by atoms with E-state index in [0.29, 0.717) is 5.41 Å². The summed E-state index contributed by atoms with van der Waals surface area (Å²) in [6, 6.07) is 0. The van der Waals surface area contributed by atoms with Crippen LogP contribution in [-0.2, 0) is 0 Å². The summed E-state index contributed by atoms with van der Waals surface area (Å²) in [6.45, 7) is 5.91. The topological polar surface area (TPSA) is 12.0 Å². The summed E-state index contributed by atoms with van der Waals surface area (Å²) in [6.07, 6.45) is 7.10. The second kappa shape index (κ2) is 4.27. The predicted octanol–water partition coefficient (Wildman–Crippen LogP) is 2.81. The molecule has 0 spiro atoms. The van der Waals surface area contributed by atoms with Crippen LogP contribution < -0.4 is 5.32 Å². The van der Waals surface area contributed by atoms with Crippen LogP contribution in [0.1, 0.15) is 46.0 Å². The van der Waals surface area contributed by atoms with E-state index in [9.17, 15) is 0 Å². The zero-order valence-electron chi connectivity index (χ0n) is 8.82. The lowest BCUT2D eigenvalue weighted by atomic mass is 9.62. The van der Waals surface area contributed by atoms with Gasteiger partial charge in [0, 0.05) is 6.54 Å². The van der Waals surface area contributed by atoms with Gasteiger partial charge >= 0.3 is 0 Å². The standard InChI is InChI=1S/C11H23N/c1-4-11(5-2,9-12-3)10-7-6-8-10/h10,12H,4-9H2,1-3H3. The molecule has 1 fully saturated rings. The zero-order chi connectivity index (χ0) is 9.03. The Morgan fingerprint density at radius 3 is 2.08 bits per heavy atom. The highest BCUT2D eigenvalue weighted by Gasteiger charge is 2.38. The van der Waals surface area contributed by atoms with Crippen molar-refractivity contribution in [3.05, 3.63) is 0 Å². The Labute approximate surface area is 76.9 Å². The third-order valence-corrected chi connectivity index (χ3v) is 3.91. The molecule has 0 bridgehead atoms. The van der Waals surface area contributed by atoms with Crippen molar-refractivity contribution in [2.24, 2.45) is 11.3 Å². The van der Waals surface area contributed by atoms with Crippen LogP contribution in [-0.4, -0.2) is 13.6 Å². The van der Waals surface area contributed by atoms with Crippen molar-refractivity contribution in [3.8, 4) is 0 Å². The van der Waals surface area contributed by atoms with Crippen molar-refractivity contribution in [3.63, 3.8) is 0 Å². The van der Waals surface area contributed by atoms with Gasteiger partial charge in [-0.3, -0.25) is 0 Å². The molecule has 1 aliphatic carbocycles. The highest BCUT2D eigenvalue weighted by molar-refractivity contribution is 4.90. The van der Waals surface area contributed by atoms with Gasteiger partial charge in [-0.15, -0.1) is 0 Å². The molecule has 0 aromatic rings. The van der Waals surface area contributed by atoms with Crippen LogP contribution in [0.4, 0.5) is 0 Å². The number of hydrogen-bond donors (Lipinski definition) is 1. The van der Waals surface area contributed by atoms with Crippen LogP contribution >= 0.6 is 0 Å². The summed E-state index contributed by atoms with van der Waals surface area (Å²) >= 11 is 0. The minimum absolute atomic E-state index is 0.618. The fourth-order valence-corrected chi connectivity index (χ4v) is 2.59. The molecule has 0 unspecified atom stereocenters. The molecule has 1 aliphatic rings. The molecule has 0 aliphatic heterocycles. The number of nitrogens with one attached hydrogen (secondary N) is 1. The first-order chi connectivity index (χ1) is 5.79. The second-order valence-corrected chi connectivity index (χ2v) is 4.23. The molecular weight excluding hydrogens is 146 g/mol. The summed E-state index contributed by atoms with van der Waals surface area (Å²) in [5.41, 5.74) is 0.618. The molecule has 72 valence electrons. The molecule has 1 saturated carbocycles. The highest BCUT2D eigenvalue weighted by Crippen LogP contribution is 2.46. The van der Waals surface area contributed by atoms with Crippen LogP contribution in [0.2, 0.25) is 0 Å². The van der Waals surface area contributed by atoms with E-state index in [2.05, 4.69) is 26.2 Å². The van der Waals surface area contributed by atoms with Gasteiger partial charge in [-0.05, 0) is 44.1 Å². The Hall–Kier alpha value is -0.0400. The smallest absolute Gasteiger partial charge is 0.000725 e. The van der Waals surface area contributed by atoms with Gasteiger partial charge in [0.15, 0.2) is 0 Å². The molecule has 1 nitrogen and oxygen atoms in total. The van der Waals surface area contributed by atoms with E-state index in [-0.39, 0.29) is 0 Å². The van der Waals surface area contributed by atoms with Crippen LogP contribution in [0.3, 0.4) is 0 Å². The van der Waals surface area contributed by atoms with Crippen molar-refractivity contribution >= 4 is 0 Å². The minimum atomic E-state index is 0.618. The molecule has 0 aromatic heterocycles. The van der Waals surface area contributed by atoms with Gasteiger partial charge in [0.1, 0.15) is 0 Å². The van der Waals surface area contributed by atoms with Crippen molar-refractivity contribution in [1.82, 2.24) is 5.32 Å². The summed E-state index contributed by atoms with van der Waals surface area (Å²) in [4.78, 5) is 0. The monoisotopic (exact) mass is 169 g/mol. The maximum absolute atomic E-state index is 3.36. The molecule has 0 radical (unpaired) electrons. The van der Waals surface area contributed by atoms with Gasteiger partial charge in [-0.1, -0.05) is 20.3 Å². The van der Waals surface area contributed by atoms with Gasteiger partial charge in [0.2, 0.25) is 0 Å². The minimum Gasteiger partial charge on any atom is -0.319 e. The molecule has 1 N–H and O–H groups in total. The molecule has 0 saturated heterocycles. The predicted molar refractivity (Wildman–Crippen MR) is 54.3 cm³/mol. The molecule has 1 heteroatoms. The van der Waals surface area contributed by atoms with Crippen LogP contribution in [0, 0.1) is 11.3 Å². The fraction of sp³-hybridized carbons (Fsp3) is 1.00. The average Bonchev–Trinajstić information content (AvgIpc) is 2.00. The lowest BCUT2D eigenvalue weighted by Crippen LogP contribution is -2.41.